The second-order valence-electron chi connectivity index (χ2n) is 6.92. The third-order valence-corrected chi connectivity index (χ3v) is 6.04. The van der Waals surface area contributed by atoms with Gasteiger partial charge in [0.1, 0.15) is 10.7 Å². The first-order valence-electron chi connectivity index (χ1n) is 9.84. The summed E-state index contributed by atoms with van der Waals surface area (Å²) in [6, 6.07) is 6.94. The molecule has 2 heterocycles. The number of thioether (sulfide) groups is 1. The molecule has 2 aliphatic rings. The van der Waals surface area contributed by atoms with Crippen molar-refractivity contribution in [3.05, 3.63) is 40.5 Å². The van der Waals surface area contributed by atoms with Gasteiger partial charge in [0.05, 0.1) is 30.4 Å². The highest BCUT2D eigenvalue weighted by atomic mass is 32.2. The molecular weight excluding hydrogens is 392 g/mol. The molecule has 1 N–H and O–H groups in total. The lowest BCUT2D eigenvalue weighted by atomic mass is 9.97. The lowest BCUT2D eigenvalue weighted by Crippen LogP contribution is -2.43. The van der Waals surface area contributed by atoms with Gasteiger partial charge in [0.15, 0.2) is 0 Å². The van der Waals surface area contributed by atoms with Gasteiger partial charge in [-0.05, 0) is 38.8 Å². The molecule has 3 rings (SSSR count). The fourth-order valence-corrected chi connectivity index (χ4v) is 4.29. The van der Waals surface area contributed by atoms with E-state index in [2.05, 4.69) is 5.32 Å². The Kier molecular flexibility index (Phi) is 7.19. The van der Waals surface area contributed by atoms with Gasteiger partial charge in [-0.3, -0.25) is 14.4 Å². The molecule has 0 saturated carbocycles. The summed E-state index contributed by atoms with van der Waals surface area (Å²) in [7, 11) is 0. The minimum Gasteiger partial charge on any atom is -0.496 e. The van der Waals surface area contributed by atoms with Gasteiger partial charge in [-0.2, -0.15) is 0 Å². The first kappa shape index (κ1) is 21.2. The van der Waals surface area contributed by atoms with Crippen molar-refractivity contribution in [1.82, 2.24) is 4.90 Å². The van der Waals surface area contributed by atoms with Crippen LogP contribution in [0.25, 0.3) is 0 Å². The van der Waals surface area contributed by atoms with Crippen LogP contribution >= 0.6 is 11.8 Å². The summed E-state index contributed by atoms with van der Waals surface area (Å²) in [5, 5.41) is 2.85. The molecular formula is C21H26N2O5S. The van der Waals surface area contributed by atoms with Gasteiger partial charge in [0.2, 0.25) is 0 Å². The SMILES string of the molecule is CCOC(=O)[C@@H]1CCCN(C(=O)c2ccccc2NC(=O)C2=C(C)OCCS2)C1. The number of allylic oxidation sites excluding steroid dienone is 1. The third-order valence-electron chi connectivity index (χ3n) is 4.91. The van der Waals surface area contributed by atoms with Crippen LogP contribution in [0.1, 0.15) is 37.0 Å². The van der Waals surface area contributed by atoms with Crippen LogP contribution in [0.5, 0.6) is 0 Å². The van der Waals surface area contributed by atoms with Crippen molar-refractivity contribution in [3.8, 4) is 0 Å². The number of ether oxygens (including phenoxy) is 2. The zero-order valence-corrected chi connectivity index (χ0v) is 17.5. The number of carbonyl (C=O) groups is 3. The molecule has 0 aliphatic carbocycles. The average molecular weight is 419 g/mol. The molecule has 0 spiro atoms. The van der Waals surface area contributed by atoms with Crippen LogP contribution in [0, 0.1) is 5.92 Å². The van der Waals surface area contributed by atoms with Gasteiger partial charge in [-0.15, -0.1) is 11.8 Å². The maximum atomic E-state index is 13.1. The molecule has 0 aromatic heterocycles. The number of esters is 1. The molecule has 0 bridgehead atoms. The van der Waals surface area contributed by atoms with Crippen molar-refractivity contribution >= 4 is 35.2 Å². The van der Waals surface area contributed by atoms with Crippen molar-refractivity contribution in [1.29, 1.82) is 0 Å². The monoisotopic (exact) mass is 418 g/mol. The van der Waals surface area contributed by atoms with E-state index in [1.54, 1.807) is 43.0 Å². The molecule has 156 valence electrons. The van der Waals surface area contributed by atoms with E-state index in [1.165, 1.54) is 11.8 Å². The molecule has 2 aliphatic heterocycles. The third kappa shape index (κ3) is 5.12. The Morgan fingerprint density at radius 3 is 2.86 bits per heavy atom. The quantitative estimate of drug-likeness (QED) is 0.740. The lowest BCUT2D eigenvalue weighted by Gasteiger charge is -2.32. The number of anilines is 1. The number of para-hydroxylation sites is 1. The molecule has 1 aromatic carbocycles. The van der Waals surface area contributed by atoms with Gasteiger partial charge in [-0.25, -0.2) is 0 Å². The summed E-state index contributed by atoms with van der Waals surface area (Å²) >= 11 is 1.44. The van der Waals surface area contributed by atoms with Crippen LogP contribution in [0.4, 0.5) is 5.69 Å². The first-order valence-corrected chi connectivity index (χ1v) is 10.8. The topological polar surface area (TPSA) is 84.9 Å². The van der Waals surface area contributed by atoms with Crippen LogP contribution in [-0.4, -0.2) is 54.7 Å². The molecule has 1 atom stereocenters. The molecule has 0 radical (unpaired) electrons. The largest absolute Gasteiger partial charge is 0.496 e. The van der Waals surface area contributed by atoms with Crippen LogP contribution < -0.4 is 5.32 Å². The number of amides is 2. The summed E-state index contributed by atoms with van der Waals surface area (Å²) in [6.07, 6.45) is 1.45. The predicted octanol–water partition coefficient (Wildman–Crippen LogP) is 3.04. The Balaban J connectivity index is 1.75. The minimum absolute atomic E-state index is 0.201. The van der Waals surface area contributed by atoms with Crippen molar-refractivity contribution in [2.75, 3.05) is 37.4 Å². The number of benzene rings is 1. The van der Waals surface area contributed by atoms with Crippen molar-refractivity contribution < 1.29 is 23.9 Å². The standard InChI is InChI=1S/C21H26N2O5S/c1-3-27-21(26)15-7-6-10-23(13-15)20(25)16-8-4-5-9-17(16)22-19(24)18-14(2)28-11-12-29-18/h4-5,8-9,15H,3,6-7,10-13H2,1-2H3,(H,22,24)/t15-/m1/s1. The van der Waals surface area contributed by atoms with E-state index >= 15 is 0 Å². The Bertz CT molecular complexity index is 823. The van der Waals surface area contributed by atoms with Gasteiger partial charge < -0.3 is 19.7 Å². The zero-order chi connectivity index (χ0) is 20.8. The maximum Gasteiger partial charge on any atom is 0.310 e. The van der Waals surface area contributed by atoms with Gasteiger partial charge in [0.25, 0.3) is 11.8 Å². The van der Waals surface area contributed by atoms with E-state index in [1.807, 2.05) is 0 Å². The number of piperidine rings is 1. The van der Waals surface area contributed by atoms with Gasteiger partial charge >= 0.3 is 5.97 Å². The summed E-state index contributed by atoms with van der Waals surface area (Å²) in [5.74, 6) is 0.254. The number of likely N-dealkylation sites (tertiary alicyclic amines) is 1. The molecule has 1 fully saturated rings. The second kappa shape index (κ2) is 9.82. The van der Waals surface area contributed by atoms with Crippen LogP contribution in [-0.2, 0) is 19.1 Å². The first-order chi connectivity index (χ1) is 14.0. The average Bonchev–Trinajstić information content (AvgIpc) is 2.74. The Labute approximate surface area is 174 Å². The molecule has 7 nitrogen and oxygen atoms in total. The highest BCUT2D eigenvalue weighted by molar-refractivity contribution is 8.04. The number of carbonyl (C=O) groups excluding carboxylic acids is 3. The second-order valence-corrected chi connectivity index (χ2v) is 8.03. The highest BCUT2D eigenvalue weighted by Crippen LogP contribution is 2.28. The molecule has 8 heteroatoms. The maximum absolute atomic E-state index is 13.1. The summed E-state index contributed by atoms with van der Waals surface area (Å²) in [6.45, 7) is 5.35. The Morgan fingerprint density at radius 2 is 2.10 bits per heavy atom. The summed E-state index contributed by atoms with van der Waals surface area (Å²) in [5.41, 5.74) is 0.859. The van der Waals surface area contributed by atoms with Crippen LogP contribution in [0.3, 0.4) is 0 Å². The number of nitrogens with zero attached hydrogens (tertiary/aromatic N) is 1. The van der Waals surface area contributed by atoms with E-state index in [0.29, 0.717) is 60.4 Å². The number of hydrogen-bond acceptors (Lipinski definition) is 6. The minimum atomic E-state index is -0.307. The van der Waals surface area contributed by atoms with E-state index in [-0.39, 0.29) is 23.7 Å². The fourth-order valence-electron chi connectivity index (χ4n) is 3.47. The van der Waals surface area contributed by atoms with Crippen molar-refractivity contribution in [3.63, 3.8) is 0 Å². The van der Waals surface area contributed by atoms with Crippen molar-refractivity contribution in [2.45, 2.75) is 26.7 Å². The molecule has 0 unspecified atom stereocenters. The highest BCUT2D eigenvalue weighted by Gasteiger charge is 2.31. The molecule has 29 heavy (non-hydrogen) atoms. The van der Waals surface area contributed by atoms with Crippen LogP contribution in [0.15, 0.2) is 34.9 Å². The number of rotatable bonds is 5. The predicted molar refractivity (Wildman–Crippen MR) is 111 cm³/mol. The Hall–Kier alpha value is -2.48. The van der Waals surface area contributed by atoms with E-state index in [4.69, 9.17) is 9.47 Å². The number of hydrogen-bond donors (Lipinski definition) is 1. The smallest absolute Gasteiger partial charge is 0.310 e. The molecule has 1 aromatic rings. The number of nitrogens with one attached hydrogen (secondary N) is 1. The van der Waals surface area contributed by atoms with E-state index in [0.717, 1.165) is 6.42 Å². The summed E-state index contributed by atoms with van der Waals surface area (Å²) in [4.78, 5) is 40.1. The van der Waals surface area contributed by atoms with Crippen LogP contribution in [0.2, 0.25) is 0 Å². The Morgan fingerprint density at radius 1 is 1.31 bits per heavy atom. The molecule has 1 saturated heterocycles. The zero-order valence-electron chi connectivity index (χ0n) is 16.7. The summed E-state index contributed by atoms with van der Waals surface area (Å²) < 4.78 is 10.6. The fraction of sp³-hybridized carbons (Fsp3) is 0.476. The van der Waals surface area contributed by atoms with E-state index in [9.17, 15) is 14.4 Å². The van der Waals surface area contributed by atoms with Gasteiger partial charge in [0, 0.05) is 18.8 Å². The molecule has 2 amide bonds. The van der Waals surface area contributed by atoms with E-state index < -0.39 is 0 Å². The van der Waals surface area contributed by atoms with Gasteiger partial charge in [-0.1, -0.05) is 12.1 Å². The lowest BCUT2D eigenvalue weighted by molar-refractivity contribution is -0.149. The van der Waals surface area contributed by atoms with Crippen molar-refractivity contribution in [2.24, 2.45) is 5.92 Å². The normalized spacial score (nSPS) is 19.4.